The zero-order chi connectivity index (χ0) is 18.2. The molecule has 2 aromatic rings. The number of carbonyl (C=O) groups excluding carboxylic acids is 1. The molecule has 2 rings (SSSR count). The fourth-order valence-electron chi connectivity index (χ4n) is 2.85. The van der Waals surface area contributed by atoms with Gasteiger partial charge in [0.2, 0.25) is 5.91 Å². The lowest BCUT2D eigenvalue weighted by Crippen LogP contribution is -2.36. The van der Waals surface area contributed by atoms with Crippen LogP contribution in [0.4, 0.5) is 4.39 Å². The Labute approximate surface area is 154 Å². The third-order valence-electron chi connectivity index (χ3n) is 4.20. The third kappa shape index (κ3) is 5.89. The standard InChI is InChI=1S/C20H26ClFN2O/c1-3-4-5-11-24(20(25)16(2)21)15-19-10-7-12-23(19)14-17-8-6-9-18(22)13-17/h6-10,12-13,16H,3-5,11,14-15H2,1-2H3/t16-/m1/s1. The summed E-state index contributed by atoms with van der Waals surface area (Å²) < 4.78 is 15.4. The van der Waals surface area contributed by atoms with Crippen LogP contribution in [0.25, 0.3) is 0 Å². The molecule has 0 radical (unpaired) electrons. The minimum absolute atomic E-state index is 0.0451. The maximum atomic E-state index is 13.4. The van der Waals surface area contributed by atoms with E-state index in [1.54, 1.807) is 13.0 Å². The van der Waals surface area contributed by atoms with Crippen LogP contribution >= 0.6 is 11.6 Å². The van der Waals surface area contributed by atoms with Gasteiger partial charge in [0.25, 0.3) is 0 Å². The third-order valence-corrected chi connectivity index (χ3v) is 4.39. The summed E-state index contributed by atoms with van der Waals surface area (Å²) in [6.45, 7) is 5.65. The Morgan fingerprint density at radius 3 is 2.76 bits per heavy atom. The van der Waals surface area contributed by atoms with E-state index < -0.39 is 5.38 Å². The van der Waals surface area contributed by atoms with Crippen molar-refractivity contribution in [3.63, 3.8) is 0 Å². The first-order valence-electron chi connectivity index (χ1n) is 8.82. The molecule has 0 bridgehead atoms. The van der Waals surface area contributed by atoms with Crippen molar-refractivity contribution in [1.29, 1.82) is 0 Å². The number of hydrogen-bond donors (Lipinski definition) is 0. The van der Waals surface area contributed by atoms with Gasteiger partial charge in [0.1, 0.15) is 11.2 Å². The Morgan fingerprint density at radius 2 is 2.08 bits per heavy atom. The van der Waals surface area contributed by atoms with E-state index in [0.717, 1.165) is 30.5 Å². The lowest BCUT2D eigenvalue weighted by molar-refractivity contribution is -0.131. The molecule has 1 amide bonds. The highest BCUT2D eigenvalue weighted by Crippen LogP contribution is 2.14. The number of nitrogens with zero attached hydrogens (tertiary/aromatic N) is 2. The monoisotopic (exact) mass is 364 g/mol. The molecule has 1 heterocycles. The van der Waals surface area contributed by atoms with Gasteiger partial charge in [0.05, 0.1) is 6.54 Å². The number of carbonyl (C=O) groups is 1. The van der Waals surface area contributed by atoms with E-state index in [-0.39, 0.29) is 11.7 Å². The highest BCUT2D eigenvalue weighted by Gasteiger charge is 2.19. The Morgan fingerprint density at radius 1 is 1.28 bits per heavy atom. The zero-order valence-electron chi connectivity index (χ0n) is 14.9. The van der Waals surface area contributed by atoms with Gasteiger partial charge >= 0.3 is 0 Å². The summed E-state index contributed by atoms with van der Waals surface area (Å²) in [6.07, 6.45) is 5.12. The molecule has 0 aliphatic carbocycles. The predicted molar refractivity (Wildman–Crippen MR) is 100 cm³/mol. The van der Waals surface area contributed by atoms with Crippen molar-refractivity contribution >= 4 is 17.5 Å². The van der Waals surface area contributed by atoms with Gasteiger partial charge in [-0.3, -0.25) is 4.79 Å². The van der Waals surface area contributed by atoms with Crippen molar-refractivity contribution in [2.45, 2.75) is 51.6 Å². The van der Waals surface area contributed by atoms with Gasteiger partial charge in [-0.05, 0) is 43.2 Å². The number of unbranched alkanes of at least 4 members (excludes halogenated alkanes) is 2. The van der Waals surface area contributed by atoms with Gasteiger partial charge in [0.15, 0.2) is 0 Å². The molecule has 0 saturated carbocycles. The number of alkyl halides is 1. The van der Waals surface area contributed by atoms with Crippen LogP contribution in [0.15, 0.2) is 42.6 Å². The molecule has 1 atom stereocenters. The quantitative estimate of drug-likeness (QED) is 0.462. The summed E-state index contributed by atoms with van der Waals surface area (Å²) in [5, 5.41) is -0.534. The van der Waals surface area contributed by atoms with Crippen molar-refractivity contribution in [2.75, 3.05) is 6.54 Å². The number of hydrogen-bond acceptors (Lipinski definition) is 1. The summed E-state index contributed by atoms with van der Waals surface area (Å²) in [4.78, 5) is 14.2. The van der Waals surface area contributed by atoms with Crippen LogP contribution < -0.4 is 0 Å². The molecule has 136 valence electrons. The highest BCUT2D eigenvalue weighted by molar-refractivity contribution is 6.30. The maximum absolute atomic E-state index is 13.4. The van der Waals surface area contributed by atoms with E-state index in [0.29, 0.717) is 19.6 Å². The van der Waals surface area contributed by atoms with Gasteiger partial charge < -0.3 is 9.47 Å². The Balaban J connectivity index is 2.11. The average Bonchev–Trinajstić information content (AvgIpc) is 3.00. The van der Waals surface area contributed by atoms with Crippen molar-refractivity contribution in [3.05, 3.63) is 59.7 Å². The summed E-state index contributed by atoms with van der Waals surface area (Å²) in [6, 6.07) is 10.5. The van der Waals surface area contributed by atoms with E-state index in [4.69, 9.17) is 11.6 Å². The topological polar surface area (TPSA) is 25.2 Å². The van der Waals surface area contributed by atoms with Crippen LogP contribution in [0, 0.1) is 5.82 Å². The van der Waals surface area contributed by atoms with Gasteiger partial charge in [-0.1, -0.05) is 31.9 Å². The molecule has 0 N–H and O–H groups in total. The summed E-state index contributed by atoms with van der Waals surface area (Å²) in [5.41, 5.74) is 1.92. The first-order chi connectivity index (χ1) is 12.0. The second-order valence-electron chi connectivity index (χ2n) is 6.34. The number of benzene rings is 1. The van der Waals surface area contributed by atoms with E-state index in [2.05, 4.69) is 6.92 Å². The number of halogens is 2. The molecule has 1 aromatic carbocycles. The molecule has 25 heavy (non-hydrogen) atoms. The lowest BCUT2D eigenvalue weighted by atomic mass is 10.2. The predicted octanol–water partition coefficient (Wildman–Crippen LogP) is 4.82. The fraction of sp³-hybridized carbons (Fsp3) is 0.450. The van der Waals surface area contributed by atoms with Crippen LogP contribution in [0.1, 0.15) is 44.4 Å². The highest BCUT2D eigenvalue weighted by atomic mass is 35.5. The van der Waals surface area contributed by atoms with Crippen molar-refractivity contribution < 1.29 is 9.18 Å². The molecule has 1 aromatic heterocycles. The second kappa shape index (κ2) is 9.62. The van der Waals surface area contributed by atoms with E-state index in [1.165, 1.54) is 12.1 Å². The molecule has 0 spiro atoms. The number of rotatable bonds is 9. The Kier molecular flexibility index (Phi) is 7.51. The van der Waals surface area contributed by atoms with Gasteiger partial charge in [-0.15, -0.1) is 11.6 Å². The molecule has 0 aliphatic rings. The molecular weight excluding hydrogens is 339 g/mol. The van der Waals surface area contributed by atoms with Crippen LogP contribution in [0.3, 0.4) is 0 Å². The first-order valence-corrected chi connectivity index (χ1v) is 9.26. The lowest BCUT2D eigenvalue weighted by Gasteiger charge is -2.25. The largest absolute Gasteiger partial charge is 0.345 e. The maximum Gasteiger partial charge on any atom is 0.240 e. The van der Waals surface area contributed by atoms with E-state index in [1.807, 2.05) is 33.9 Å². The number of amides is 1. The molecule has 0 saturated heterocycles. The summed E-state index contributed by atoms with van der Waals surface area (Å²) >= 11 is 6.02. The van der Waals surface area contributed by atoms with Gasteiger partial charge in [-0.2, -0.15) is 0 Å². The van der Waals surface area contributed by atoms with Gasteiger partial charge in [-0.25, -0.2) is 4.39 Å². The van der Waals surface area contributed by atoms with Crippen molar-refractivity contribution in [2.24, 2.45) is 0 Å². The molecule has 0 aliphatic heterocycles. The second-order valence-corrected chi connectivity index (χ2v) is 6.99. The van der Waals surface area contributed by atoms with E-state index in [9.17, 15) is 9.18 Å². The minimum atomic E-state index is -0.534. The molecule has 5 heteroatoms. The average molecular weight is 365 g/mol. The number of aromatic nitrogens is 1. The van der Waals surface area contributed by atoms with Crippen molar-refractivity contribution in [1.82, 2.24) is 9.47 Å². The Bertz CT molecular complexity index is 684. The SMILES string of the molecule is CCCCCN(Cc1cccn1Cc1cccc(F)c1)C(=O)[C@@H](C)Cl. The molecule has 0 unspecified atom stereocenters. The summed E-state index contributed by atoms with van der Waals surface area (Å²) in [5.74, 6) is -0.283. The molecule has 3 nitrogen and oxygen atoms in total. The van der Waals surface area contributed by atoms with Crippen molar-refractivity contribution in [3.8, 4) is 0 Å². The smallest absolute Gasteiger partial charge is 0.240 e. The van der Waals surface area contributed by atoms with Crippen LogP contribution in [-0.4, -0.2) is 27.3 Å². The zero-order valence-corrected chi connectivity index (χ0v) is 15.7. The minimum Gasteiger partial charge on any atom is -0.345 e. The Hall–Kier alpha value is -1.81. The first kappa shape index (κ1) is 19.5. The molecule has 0 fully saturated rings. The van der Waals surface area contributed by atoms with Crippen LogP contribution in [0.2, 0.25) is 0 Å². The van der Waals surface area contributed by atoms with Crippen LogP contribution in [0.5, 0.6) is 0 Å². The van der Waals surface area contributed by atoms with Gasteiger partial charge in [0, 0.05) is 25.0 Å². The molecular formula is C20H26ClFN2O. The normalized spacial score (nSPS) is 12.2. The fourth-order valence-corrected chi connectivity index (χ4v) is 2.98. The summed E-state index contributed by atoms with van der Waals surface area (Å²) in [7, 11) is 0. The van der Waals surface area contributed by atoms with E-state index >= 15 is 0 Å². The van der Waals surface area contributed by atoms with Crippen LogP contribution in [-0.2, 0) is 17.9 Å².